The minimum absolute atomic E-state index is 0.836. The second-order valence-corrected chi connectivity index (χ2v) is 3.98. The lowest BCUT2D eigenvalue weighted by molar-refractivity contribution is 0.931. The monoisotopic (exact) mass is 239 g/mol. The minimum atomic E-state index is 0.836. The molecule has 0 saturated carbocycles. The summed E-state index contributed by atoms with van der Waals surface area (Å²) in [4.78, 5) is 8.53. The van der Waals surface area contributed by atoms with E-state index in [-0.39, 0.29) is 0 Å². The number of nitrogens with one attached hydrogen (secondary N) is 1. The van der Waals surface area contributed by atoms with Gasteiger partial charge >= 0.3 is 0 Å². The summed E-state index contributed by atoms with van der Waals surface area (Å²) in [6.45, 7) is 0.836. The van der Waals surface area contributed by atoms with Crippen LogP contribution < -0.4 is 5.32 Å². The summed E-state index contributed by atoms with van der Waals surface area (Å²) in [6, 6.07) is 7.82. The number of nitrogens with zero attached hydrogens (tertiary/aromatic N) is 4. The van der Waals surface area contributed by atoms with Crippen LogP contribution in [0.15, 0.2) is 49.1 Å². The third kappa shape index (κ3) is 2.29. The predicted molar refractivity (Wildman–Crippen MR) is 69.4 cm³/mol. The van der Waals surface area contributed by atoms with Crippen molar-refractivity contribution < 1.29 is 0 Å². The van der Waals surface area contributed by atoms with Gasteiger partial charge in [-0.3, -0.25) is 4.98 Å². The summed E-state index contributed by atoms with van der Waals surface area (Å²) in [7, 11) is 0. The van der Waals surface area contributed by atoms with E-state index in [9.17, 15) is 0 Å². The average molecular weight is 239 g/mol. The van der Waals surface area contributed by atoms with E-state index in [1.807, 2.05) is 30.6 Å². The Morgan fingerprint density at radius 3 is 3.06 bits per heavy atom. The van der Waals surface area contributed by atoms with Crippen molar-refractivity contribution >= 4 is 11.5 Å². The first-order valence-electron chi connectivity index (χ1n) is 5.85. The Morgan fingerprint density at radius 1 is 1.17 bits per heavy atom. The Labute approximate surface area is 105 Å². The molecule has 3 rings (SSSR count). The molecule has 0 saturated heterocycles. The highest BCUT2D eigenvalue weighted by molar-refractivity contribution is 5.45. The molecule has 0 aromatic carbocycles. The zero-order chi connectivity index (χ0) is 12.2. The topological polar surface area (TPSA) is 55.1 Å². The normalized spacial score (nSPS) is 10.7. The fourth-order valence-corrected chi connectivity index (χ4v) is 1.79. The minimum Gasteiger partial charge on any atom is -0.370 e. The molecule has 0 radical (unpaired) electrons. The first-order chi connectivity index (χ1) is 8.92. The van der Waals surface area contributed by atoms with Crippen LogP contribution in [-0.2, 0) is 6.42 Å². The lowest BCUT2D eigenvalue weighted by atomic mass is 10.2. The van der Waals surface area contributed by atoms with E-state index in [1.54, 1.807) is 16.9 Å². The molecule has 0 aliphatic carbocycles. The molecule has 0 amide bonds. The highest BCUT2D eigenvalue weighted by atomic mass is 15.2. The zero-order valence-corrected chi connectivity index (χ0v) is 9.82. The number of pyridine rings is 1. The molecule has 3 heterocycles. The van der Waals surface area contributed by atoms with Crippen LogP contribution in [0.5, 0.6) is 0 Å². The Kier molecular flexibility index (Phi) is 2.87. The van der Waals surface area contributed by atoms with E-state index in [1.165, 1.54) is 5.56 Å². The van der Waals surface area contributed by atoms with Gasteiger partial charge in [0, 0.05) is 31.2 Å². The molecule has 0 unspecified atom stereocenters. The molecule has 0 aliphatic rings. The van der Waals surface area contributed by atoms with E-state index in [0.717, 1.165) is 24.4 Å². The van der Waals surface area contributed by atoms with E-state index in [4.69, 9.17) is 0 Å². The Morgan fingerprint density at radius 2 is 2.17 bits per heavy atom. The van der Waals surface area contributed by atoms with Crippen molar-refractivity contribution in [3.8, 4) is 0 Å². The van der Waals surface area contributed by atoms with Crippen molar-refractivity contribution in [3.05, 3.63) is 54.6 Å². The van der Waals surface area contributed by atoms with Crippen molar-refractivity contribution in [1.29, 1.82) is 0 Å². The van der Waals surface area contributed by atoms with Gasteiger partial charge in [-0.2, -0.15) is 5.10 Å². The molecular weight excluding hydrogens is 226 g/mol. The molecule has 0 bridgehead atoms. The fourth-order valence-electron chi connectivity index (χ4n) is 1.79. The maximum Gasteiger partial charge on any atom is 0.157 e. The smallest absolute Gasteiger partial charge is 0.157 e. The molecule has 90 valence electrons. The predicted octanol–water partition coefficient (Wildman–Crippen LogP) is 1.78. The summed E-state index contributed by atoms with van der Waals surface area (Å²) in [5.74, 6) is 0.867. The first kappa shape index (κ1) is 10.7. The van der Waals surface area contributed by atoms with Crippen LogP contribution in [0.25, 0.3) is 5.65 Å². The molecule has 5 heteroatoms. The lowest BCUT2D eigenvalue weighted by Crippen LogP contribution is -2.07. The molecule has 18 heavy (non-hydrogen) atoms. The number of hydrogen-bond donors (Lipinski definition) is 1. The van der Waals surface area contributed by atoms with Crippen molar-refractivity contribution in [1.82, 2.24) is 19.6 Å². The summed E-state index contributed by atoms with van der Waals surface area (Å²) in [5, 5.41) is 7.40. The molecular formula is C13H13N5. The largest absolute Gasteiger partial charge is 0.370 e. The van der Waals surface area contributed by atoms with Gasteiger partial charge in [0.1, 0.15) is 5.82 Å². The van der Waals surface area contributed by atoms with E-state index >= 15 is 0 Å². The second-order valence-electron chi connectivity index (χ2n) is 3.98. The molecule has 1 N–H and O–H groups in total. The quantitative estimate of drug-likeness (QED) is 0.754. The van der Waals surface area contributed by atoms with Gasteiger partial charge in [-0.1, -0.05) is 6.07 Å². The molecule has 3 aromatic rings. The van der Waals surface area contributed by atoms with Crippen molar-refractivity contribution in [2.45, 2.75) is 6.42 Å². The van der Waals surface area contributed by atoms with Crippen LogP contribution >= 0.6 is 0 Å². The Hall–Kier alpha value is -2.43. The van der Waals surface area contributed by atoms with Crippen molar-refractivity contribution in [3.63, 3.8) is 0 Å². The molecule has 0 atom stereocenters. The number of rotatable bonds is 4. The summed E-state index contributed by atoms with van der Waals surface area (Å²) >= 11 is 0. The number of hydrogen-bond acceptors (Lipinski definition) is 4. The maximum absolute atomic E-state index is 4.44. The summed E-state index contributed by atoms with van der Waals surface area (Å²) in [5.41, 5.74) is 2.07. The lowest BCUT2D eigenvalue weighted by Gasteiger charge is -2.05. The SMILES string of the molecule is c1cncc(CCNc2ccn3nccc3n2)c1. The van der Waals surface area contributed by atoms with Crippen LogP contribution in [0.2, 0.25) is 0 Å². The van der Waals surface area contributed by atoms with E-state index < -0.39 is 0 Å². The molecule has 0 spiro atoms. The van der Waals surface area contributed by atoms with Gasteiger partial charge in [0.2, 0.25) is 0 Å². The van der Waals surface area contributed by atoms with Gasteiger partial charge in [-0.25, -0.2) is 9.50 Å². The zero-order valence-electron chi connectivity index (χ0n) is 9.82. The van der Waals surface area contributed by atoms with Crippen LogP contribution in [0.3, 0.4) is 0 Å². The standard InChI is InChI=1S/C13H13N5/c1-2-11(10-14-6-1)3-7-15-12-5-9-18-13(17-12)4-8-16-18/h1-2,4-6,8-10H,3,7H2,(H,15,17). The molecule has 0 aliphatic heterocycles. The number of anilines is 1. The van der Waals surface area contributed by atoms with E-state index in [0.29, 0.717) is 0 Å². The maximum atomic E-state index is 4.44. The van der Waals surface area contributed by atoms with Crippen molar-refractivity contribution in [2.24, 2.45) is 0 Å². The Bertz CT molecular complexity index is 632. The highest BCUT2D eigenvalue weighted by Crippen LogP contribution is 2.06. The van der Waals surface area contributed by atoms with Gasteiger partial charge in [0.25, 0.3) is 0 Å². The molecule has 0 fully saturated rings. The van der Waals surface area contributed by atoms with Crippen LogP contribution in [0.4, 0.5) is 5.82 Å². The first-order valence-corrected chi connectivity index (χ1v) is 5.85. The van der Waals surface area contributed by atoms with Crippen LogP contribution in [-0.4, -0.2) is 26.1 Å². The number of aromatic nitrogens is 4. The van der Waals surface area contributed by atoms with E-state index in [2.05, 4.69) is 26.4 Å². The Balaban J connectivity index is 1.62. The highest BCUT2D eigenvalue weighted by Gasteiger charge is 1.98. The molecule has 5 nitrogen and oxygen atoms in total. The van der Waals surface area contributed by atoms with Crippen molar-refractivity contribution in [2.75, 3.05) is 11.9 Å². The fraction of sp³-hybridized carbons (Fsp3) is 0.154. The number of fused-ring (bicyclic) bond motifs is 1. The average Bonchev–Trinajstić information content (AvgIpc) is 2.87. The third-order valence-electron chi connectivity index (χ3n) is 2.70. The van der Waals surface area contributed by atoms with Gasteiger partial charge in [-0.05, 0) is 24.1 Å². The van der Waals surface area contributed by atoms with Gasteiger partial charge < -0.3 is 5.32 Å². The van der Waals surface area contributed by atoms with Crippen LogP contribution in [0.1, 0.15) is 5.56 Å². The summed E-state index contributed by atoms with van der Waals surface area (Å²) < 4.78 is 1.74. The molecule has 3 aromatic heterocycles. The van der Waals surface area contributed by atoms with Gasteiger partial charge in [0.05, 0.1) is 6.20 Å². The van der Waals surface area contributed by atoms with Crippen LogP contribution in [0, 0.1) is 0 Å². The second kappa shape index (κ2) is 4.83. The van der Waals surface area contributed by atoms with Gasteiger partial charge in [0.15, 0.2) is 5.65 Å². The summed E-state index contributed by atoms with van der Waals surface area (Å²) in [6.07, 6.45) is 8.23. The van der Waals surface area contributed by atoms with Gasteiger partial charge in [-0.15, -0.1) is 0 Å². The third-order valence-corrected chi connectivity index (χ3v) is 2.70.